The summed E-state index contributed by atoms with van der Waals surface area (Å²) >= 11 is 0. The second kappa shape index (κ2) is 5.96. The first-order chi connectivity index (χ1) is 7.81. The van der Waals surface area contributed by atoms with Gasteiger partial charge >= 0.3 is 0 Å². The monoisotopic (exact) mass is 228 g/mol. The Balaban J connectivity index is 1.79. The largest absolute Gasteiger partial charge is 0.380 e. The molecule has 16 heavy (non-hydrogen) atoms. The van der Waals surface area contributed by atoms with Gasteiger partial charge in [0.15, 0.2) is 0 Å². The fourth-order valence-electron chi connectivity index (χ4n) is 2.73. The molecular formula is C12H24N2O2. The van der Waals surface area contributed by atoms with Crippen molar-refractivity contribution in [3.05, 3.63) is 0 Å². The maximum Gasteiger partial charge on any atom is 0.0636 e. The molecule has 2 fully saturated rings. The molecule has 0 bridgehead atoms. The molecule has 2 rings (SSSR count). The Kier molecular flexibility index (Phi) is 4.58. The lowest BCUT2D eigenvalue weighted by Crippen LogP contribution is -2.56. The Morgan fingerprint density at radius 2 is 2.06 bits per heavy atom. The first-order valence-electron chi connectivity index (χ1n) is 6.50. The summed E-state index contributed by atoms with van der Waals surface area (Å²) in [5, 5.41) is 0. The predicted octanol–water partition coefficient (Wildman–Crippen LogP) is 0.604. The molecule has 2 aliphatic heterocycles. The minimum atomic E-state index is 0.289. The molecule has 0 radical (unpaired) electrons. The van der Waals surface area contributed by atoms with Crippen LogP contribution in [0.15, 0.2) is 0 Å². The van der Waals surface area contributed by atoms with Gasteiger partial charge in [-0.3, -0.25) is 4.90 Å². The van der Waals surface area contributed by atoms with E-state index in [0.717, 1.165) is 52.2 Å². The number of ether oxygens (including phenoxy) is 2. The molecule has 2 atom stereocenters. The van der Waals surface area contributed by atoms with Crippen molar-refractivity contribution >= 4 is 0 Å². The van der Waals surface area contributed by atoms with Crippen LogP contribution in [0.3, 0.4) is 0 Å². The Bertz CT molecular complexity index is 205. The number of rotatable bonds is 3. The van der Waals surface area contributed by atoms with Crippen molar-refractivity contribution in [2.45, 2.75) is 44.4 Å². The van der Waals surface area contributed by atoms with Crippen LogP contribution < -0.4 is 5.73 Å². The van der Waals surface area contributed by atoms with E-state index in [0.29, 0.717) is 12.1 Å². The SMILES string of the molecule is CCOC1CCN(C2COCCC2N)CC1. The second-order valence-electron chi connectivity index (χ2n) is 4.79. The lowest BCUT2D eigenvalue weighted by atomic mass is 9.99. The zero-order chi connectivity index (χ0) is 11.4. The highest BCUT2D eigenvalue weighted by Gasteiger charge is 2.31. The highest BCUT2D eigenvalue weighted by atomic mass is 16.5. The Labute approximate surface area is 98.1 Å². The van der Waals surface area contributed by atoms with Gasteiger partial charge in [0.25, 0.3) is 0 Å². The van der Waals surface area contributed by atoms with E-state index in [1.807, 2.05) is 0 Å². The fourth-order valence-corrected chi connectivity index (χ4v) is 2.73. The number of nitrogens with zero attached hydrogens (tertiary/aromatic N) is 1. The minimum Gasteiger partial charge on any atom is -0.380 e. The van der Waals surface area contributed by atoms with Gasteiger partial charge in [-0.2, -0.15) is 0 Å². The lowest BCUT2D eigenvalue weighted by Gasteiger charge is -2.41. The Hall–Kier alpha value is -0.160. The maximum atomic E-state index is 6.15. The van der Waals surface area contributed by atoms with Gasteiger partial charge in [0.1, 0.15) is 0 Å². The fraction of sp³-hybridized carbons (Fsp3) is 1.00. The van der Waals surface area contributed by atoms with Gasteiger partial charge in [0.05, 0.1) is 12.7 Å². The van der Waals surface area contributed by atoms with Crippen molar-refractivity contribution in [3.63, 3.8) is 0 Å². The van der Waals surface area contributed by atoms with Gasteiger partial charge in [-0.15, -0.1) is 0 Å². The summed E-state index contributed by atoms with van der Waals surface area (Å²) in [6.45, 7) is 6.74. The van der Waals surface area contributed by atoms with Crippen LogP contribution >= 0.6 is 0 Å². The molecule has 2 saturated heterocycles. The molecule has 2 N–H and O–H groups in total. The number of nitrogens with two attached hydrogens (primary N) is 1. The summed E-state index contributed by atoms with van der Waals surface area (Å²) in [4.78, 5) is 2.49. The van der Waals surface area contributed by atoms with Crippen LogP contribution in [-0.2, 0) is 9.47 Å². The molecule has 4 heteroatoms. The minimum absolute atomic E-state index is 0.289. The van der Waals surface area contributed by atoms with Crippen molar-refractivity contribution in [1.82, 2.24) is 4.90 Å². The van der Waals surface area contributed by atoms with Gasteiger partial charge in [-0.25, -0.2) is 0 Å². The summed E-state index contributed by atoms with van der Waals surface area (Å²) in [5.74, 6) is 0. The third kappa shape index (κ3) is 2.94. The summed E-state index contributed by atoms with van der Waals surface area (Å²) < 4.78 is 11.2. The van der Waals surface area contributed by atoms with Gasteiger partial charge in [-0.1, -0.05) is 0 Å². The average Bonchev–Trinajstić information content (AvgIpc) is 2.31. The smallest absolute Gasteiger partial charge is 0.0636 e. The van der Waals surface area contributed by atoms with Gasteiger partial charge < -0.3 is 15.2 Å². The van der Waals surface area contributed by atoms with Crippen molar-refractivity contribution in [1.29, 1.82) is 0 Å². The van der Waals surface area contributed by atoms with E-state index in [1.165, 1.54) is 0 Å². The molecule has 0 saturated carbocycles. The van der Waals surface area contributed by atoms with E-state index < -0.39 is 0 Å². The van der Waals surface area contributed by atoms with Crippen LogP contribution in [0.25, 0.3) is 0 Å². The zero-order valence-electron chi connectivity index (χ0n) is 10.2. The van der Waals surface area contributed by atoms with Crippen LogP contribution in [0.2, 0.25) is 0 Å². The normalized spacial score (nSPS) is 34.1. The highest BCUT2D eigenvalue weighted by Crippen LogP contribution is 2.20. The van der Waals surface area contributed by atoms with Crippen LogP contribution in [0.4, 0.5) is 0 Å². The standard InChI is InChI=1S/C12H24N2O2/c1-2-16-10-3-6-14(7-4-10)12-9-15-8-5-11(12)13/h10-12H,2-9,13H2,1H3. The molecule has 2 heterocycles. The molecule has 0 aromatic rings. The van der Waals surface area contributed by atoms with E-state index in [2.05, 4.69) is 11.8 Å². The highest BCUT2D eigenvalue weighted by molar-refractivity contribution is 4.87. The van der Waals surface area contributed by atoms with Crippen LogP contribution in [0.5, 0.6) is 0 Å². The number of hydrogen-bond acceptors (Lipinski definition) is 4. The Morgan fingerprint density at radius 3 is 2.69 bits per heavy atom. The van der Waals surface area contributed by atoms with E-state index in [1.54, 1.807) is 0 Å². The summed E-state index contributed by atoms with van der Waals surface area (Å²) in [6.07, 6.45) is 3.73. The van der Waals surface area contributed by atoms with Crippen LogP contribution in [0, 0.1) is 0 Å². The quantitative estimate of drug-likeness (QED) is 0.768. The molecule has 2 aliphatic rings. The molecule has 2 unspecified atom stereocenters. The van der Waals surface area contributed by atoms with Gasteiger partial charge in [-0.05, 0) is 26.2 Å². The zero-order valence-corrected chi connectivity index (χ0v) is 10.2. The summed E-state index contributed by atoms with van der Waals surface area (Å²) in [5.41, 5.74) is 6.15. The molecule has 94 valence electrons. The van der Waals surface area contributed by atoms with Crippen molar-refractivity contribution in [2.75, 3.05) is 32.9 Å². The number of likely N-dealkylation sites (tertiary alicyclic amines) is 1. The van der Waals surface area contributed by atoms with Crippen LogP contribution in [-0.4, -0.2) is 56.0 Å². The molecular weight excluding hydrogens is 204 g/mol. The first-order valence-corrected chi connectivity index (χ1v) is 6.50. The van der Waals surface area contributed by atoms with E-state index in [4.69, 9.17) is 15.2 Å². The third-order valence-electron chi connectivity index (χ3n) is 3.73. The van der Waals surface area contributed by atoms with E-state index >= 15 is 0 Å². The first kappa shape index (κ1) is 12.3. The molecule has 0 amide bonds. The number of hydrogen-bond donors (Lipinski definition) is 1. The van der Waals surface area contributed by atoms with Gasteiger partial charge in [0.2, 0.25) is 0 Å². The van der Waals surface area contributed by atoms with Crippen molar-refractivity contribution < 1.29 is 9.47 Å². The maximum absolute atomic E-state index is 6.15. The number of piperidine rings is 1. The van der Waals surface area contributed by atoms with E-state index in [-0.39, 0.29) is 6.04 Å². The third-order valence-corrected chi connectivity index (χ3v) is 3.73. The molecule has 0 aliphatic carbocycles. The average molecular weight is 228 g/mol. The molecule has 0 aromatic heterocycles. The van der Waals surface area contributed by atoms with Gasteiger partial charge in [0, 0.05) is 38.4 Å². The lowest BCUT2D eigenvalue weighted by molar-refractivity contribution is -0.0348. The second-order valence-corrected chi connectivity index (χ2v) is 4.79. The summed E-state index contributed by atoms with van der Waals surface area (Å²) in [6, 6.07) is 0.716. The van der Waals surface area contributed by atoms with E-state index in [9.17, 15) is 0 Å². The van der Waals surface area contributed by atoms with Crippen molar-refractivity contribution in [3.8, 4) is 0 Å². The molecule has 0 aromatic carbocycles. The Morgan fingerprint density at radius 1 is 1.31 bits per heavy atom. The summed E-state index contributed by atoms with van der Waals surface area (Å²) in [7, 11) is 0. The molecule has 4 nitrogen and oxygen atoms in total. The van der Waals surface area contributed by atoms with Crippen molar-refractivity contribution in [2.24, 2.45) is 5.73 Å². The van der Waals surface area contributed by atoms with Crippen LogP contribution in [0.1, 0.15) is 26.2 Å². The topological polar surface area (TPSA) is 47.7 Å². The molecule has 0 spiro atoms. The predicted molar refractivity (Wildman–Crippen MR) is 63.4 cm³/mol.